The van der Waals surface area contributed by atoms with Crippen LogP contribution in [0.25, 0.3) is 0 Å². The van der Waals surface area contributed by atoms with E-state index >= 15 is 0 Å². The summed E-state index contributed by atoms with van der Waals surface area (Å²) in [6.07, 6.45) is 5.18. The van der Waals surface area contributed by atoms with Crippen molar-refractivity contribution < 1.29 is 8.42 Å². The van der Waals surface area contributed by atoms with Gasteiger partial charge < -0.3 is 5.32 Å². The maximum Gasteiger partial charge on any atom is 0.234 e. The van der Waals surface area contributed by atoms with Crippen LogP contribution in [-0.2, 0) is 9.84 Å². The molecule has 0 amide bonds. The lowest BCUT2D eigenvalue weighted by molar-refractivity contribution is 0.594. The van der Waals surface area contributed by atoms with Crippen LogP contribution in [-0.4, -0.2) is 31.4 Å². The van der Waals surface area contributed by atoms with Crippen LogP contribution in [0.1, 0.15) is 6.42 Å². The Labute approximate surface area is 86.5 Å². The first-order valence-electron chi connectivity index (χ1n) is 3.77. The van der Waals surface area contributed by atoms with Gasteiger partial charge in [-0.3, -0.25) is 0 Å². The van der Waals surface area contributed by atoms with Crippen molar-refractivity contribution in [3.05, 3.63) is 0 Å². The van der Waals surface area contributed by atoms with Gasteiger partial charge in [0.05, 0.1) is 5.75 Å². The fourth-order valence-corrected chi connectivity index (χ4v) is 2.87. The number of terminal acetylenes is 1. The van der Waals surface area contributed by atoms with Crippen LogP contribution in [0, 0.1) is 12.3 Å². The highest BCUT2D eigenvalue weighted by Gasteiger charge is 2.19. The summed E-state index contributed by atoms with van der Waals surface area (Å²) >= 11 is 1.00. The standard InChI is InChI=1S/C7H9N3O2S2/c1-3-4-5-14(11,12)7-10-9-6(8-2)13-7/h1H,4-5H2,2H3,(H,8,9). The first-order valence-corrected chi connectivity index (χ1v) is 6.24. The molecule has 0 spiro atoms. The van der Waals surface area contributed by atoms with Gasteiger partial charge >= 0.3 is 0 Å². The van der Waals surface area contributed by atoms with Crippen LogP contribution < -0.4 is 5.32 Å². The zero-order valence-corrected chi connectivity index (χ0v) is 9.15. The third kappa shape index (κ3) is 2.43. The van der Waals surface area contributed by atoms with E-state index in [1.54, 1.807) is 7.05 Å². The van der Waals surface area contributed by atoms with Crippen LogP contribution in [0.3, 0.4) is 0 Å². The number of nitrogens with zero attached hydrogens (tertiary/aromatic N) is 2. The van der Waals surface area contributed by atoms with Gasteiger partial charge in [-0.2, -0.15) is 0 Å². The molecular formula is C7H9N3O2S2. The van der Waals surface area contributed by atoms with Crippen molar-refractivity contribution in [2.75, 3.05) is 18.1 Å². The number of nitrogens with one attached hydrogen (secondary N) is 1. The van der Waals surface area contributed by atoms with E-state index in [1.165, 1.54) is 0 Å². The van der Waals surface area contributed by atoms with Crippen LogP contribution >= 0.6 is 11.3 Å². The Morgan fingerprint density at radius 2 is 2.29 bits per heavy atom. The molecule has 14 heavy (non-hydrogen) atoms. The molecule has 0 atom stereocenters. The maximum absolute atomic E-state index is 11.5. The van der Waals surface area contributed by atoms with Gasteiger partial charge in [-0.1, -0.05) is 11.3 Å². The van der Waals surface area contributed by atoms with E-state index in [0.29, 0.717) is 5.13 Å². The molecule has 1 N–H and O–H groups in total. The minimum atomic E-state index is -3.35. The van der Waals surface area contributed by atoms with Gasteiger partial charge in [0.15, 0.2) is 0 Å². The third-order valence-corrected chi connectivity index (χ3v) is 4.50. The second-order valence-corrected chi connectivity index (χ2v) is 5.66. The lowest BCUT2D eigenvalue weighted by Gasteiger charge is -1.94. The number of sulfone groups is 1. The highest BCUT2D eigenvalue weighted by Crippen LogP contribution is 2.20. The van der Waals surface area contributed by atoms with E-state index in [1.807, 2.05) is 0 Å². The zero-order chi connectivity index (χ0) is 10.6. The molecule has 0 saturated heterocycles. The minimum absolute atomic E-state index is 0.0112. The average Bonchev–Trinajstić information content (AvgIpc) is 2.63. The molecule has 1 aromatic heterocycles. The summed E-state index contributed by atoms with van der Waals surface area (Å²) in [7, 11) is -1.70. The molecular weight excluding hydrogens is 222 g/mol. The van der Waals surface area contributed by atoms with Gasteiger partial charge in [0.1, 0.15) is 0 Å². The van der Waals surface area contributed by atoms with Gasteiger partial charge in [0.25, 0.3) is 0 Å². The Morgan fingerprint density at radius 3 is 2.79 bits per heavy atom. The van der Waals surface area contributed by atoms with Crippen molar-refractivity contribution in [3.63, 3.8) is 0 Å². The SMILES string of the molecule is C#CCCS(=O)(=O)c1nnc(NC)s1. The van der Waals surface area contributed by atoms with E-state index in [0.717, 1.165) is 11.3 Å². The van der Waals surface area contributed by atoms with Crippen LogP contribution in [0.15, 0.2) is 4.34 Å². The number of rotatable bonds is 4. The lowest BCUT2D eigenvalue weighted by atomic mass is 10.5. The van der Waals surface area contributed by atoms with E-state index in [9.17, 15) is 8.42 Å². The highest BCUT2D eigenvalue weighted by atomic mass is 32.2. The van der Waals surface area contributed by atoms with Crippen molar-refractivity contribution in [1.82, 2.24) is 10.2 Å². The topological polar surface area (TPSA) is 72.0 Å². The van der Waals surface area contributed by atoms with Gasteiger partial charge in [-0.05, 0) is 0 Å². The van der Waals surface area contributed by atoms with E-state index in [2.05, 4.69) is 21.4 Å². The summed E-state index contributed by atoms with van der Waals surface area (Å²) < 4.78 is 23.0. The van der Waals surface area contributed by atoms with Crippen LogP contribution in [0.5, 0.6) is 0 Å². The normalized spacial score (nSPS) is 10.9. The van der Waals surface area contributed by atoms with Crippen molar-refractivity contribution in [2.24, 2.45) is 0 Å². The largest absolute Gasteiger partial charge is 0.363 e. The van der Waals surface area contributed by atoms with Crippen molar-refractivity contribution in [2.45, 2.75) is 10.8 Å². The Morgan fingerprint density at radius 1 is 1.57 bits per heavy atom. The number of anilines is 1. The molecule has 0 unspecified atom stereocenters. The first kappa shape index (κ1) is 10.9. The Balaban J connectivity index is 2.88. The van der Waals surface area contributed by atoms with E-state index in [4.69, 9.17) is 6.42 Å². The van der Waals surface area contributed by atoms with Gasteiger partial charge in [0.2, 0.25) is 19.3 Å². The van der Waals surface area contributed by atoms with E-state index < -0.39 is 9.84 Å². The van der Waals surface area contributed by atoms with Crippen molar-refractivity contribution >= 4 is 26.3 Å². The second-order valence-electron chi connectivity index (χ2n) is 2.40. The summed E-state index contributed by atoms with van der Waals surface area (Å²) in [6, 6.07) is 0. The van der Waals surface area contributed by atoms with E-state index in [-0.39, 0.29) is 16.5 Å². The minimum Gasteiger partial charge on any atom is -0.363 e. The molecule has 0 bridgehead atoms. The van der Waals surface area contributed by atoms with Crippen LogP contribution in [0.4, 0.5) is 5.13 Å². The summed E-state index contributed by atoms with van der Waals surface area (Å²) in [5, 5.41) is 10.4. The molecule has 76 valence electrons. The monoisotopic (exact) mass is 231 g/mol. The number of hydrogen-bond donors (Lipinski definition) is 1. The molecule has 0 aliphatic heterocycles. The first-order chi connectivity index (χ1) is 6.60. The fraction of sp³-hybridized carbons (Fsp3) is 0.429. The predicted octanol–water partition coefficient (Wildman–Crippen LogP) is 0.377. The summed E-state index contributed by atoms with van der Waals surface area (Å²) in [6.45, 7) is 0. The molecule has 1 heterocycles. The van der Waals surface area contributed by atoms with Crippen molar-refractivity contribution in [1.29, 1.82) is 0 Å². The quantitative estimate of drug-likeness (QED) is 0.758. The lowest BCUT2D eigenvalue weighted by Crippen LogP contribution is -2.05. The average molecular weight is 231 g/mol. The van der Waals surface area contributed by atoms with Gasteiger partial charge in [-0.15, -0.1) is 22.5 Å². The summed E-state index contributed by atoms with van der Waals surface area (Å²) in [4.78, 5) is 0. The third-order valence-electron chi connectivity index (χ3n) is 1.40. The predicted molar refractivity (Wildman–Crippen MR) is 55.0 cm³/mol. The van der Waals surface area contributed by atoms with Crippen molar-refractivity contribution in [3.8, 4) is 12.3 Å². The smallest absolute Gasteiger partial charge is 0.234 e. The molecule has 1 rings (SSSR count). The summed E-state index contributed by atoms with van der Waals surface area (Å²) in [5.74, 6) is 2.19. The second kappa shape index (κ2) is 4.39. The molecule has 0 aliphatic rings. The Kier molecular flexibility index (Phi) is 3.43. The molecule has 1 aromatic rings. The molecule has 7 heteroatoms. The molecule has 0 radical (unpaired) electrons. The number of aromatic nitrogens is 2. The molecule has 5 nitrogen and oxygen atoms in total. The maximum atomic E-state index is 11.5. The Hall–Kier alpha value is -1.13. The van der Waals surface area contributed by atoms with Gasteiger partial charge in [-0.25, -0.2) is 8.42 Å². The molecule has 0 saturated carbocycles. The number of hydrogen-bond acceptors (Lipinski definition) is 6. The summed E-state index contributed by atoms with van der Waals surface area (Å²) in [5.41, 5.74) is 0. The zero-order valence-electron chi connectivity index (χ0n) is 7.52. The fourth-order valence-electron chi connectivity index (χ4n) is 0.717. The van der Waals surface area contributed by atoms with Gasteiger partial charge in [0, 0.05) is 13.5 Å². The molecule has 0 aromatic carbocycles. The molecule has 0 fully saturated rings. The van der Waals surface area contributed by atoms with Crippen LogP contribution in [0.2, 0.25) is 0 Å². The molecule has 0 aliphatic carbocycles. The Bertz CT molecular complexity index is 444. The highest BCUT2D eigenvalue weighted by molar-refractivity contribution is 7.93.